The van der Waals surface area contributed by atoms with Gasteiger partial charge in [0.2, 0.25) is 11.9 Å². The Kier molecular flexibility index (Phi) is 7.64. The molecule has 11 heteroatoms. The number of carbonyl (C=O) groups excluding carboxylic acids is 2. The van der Waals surface area contributed by atoms with E-state index in [2.05, 4.69) is 36.2 Å². The molecule has 4 N–H and O–H groups in total. The number of nitrogens with zero attached hydrogens (tertiary/aromatic N) is 4. The lowest BCUT2D eigenvalue weighted by Gasteiger charge is -2.18. The van der Waals surface area contributed by atoms with E-state index in [-0.39, 0.29) is 17.9 Å². The van der Waals surface area contributed by atoms with Gasteiger partial charge in [-0.1, -0.05) is 29.8 Å². The van der Waals surface area contributed by atoms with Gasteiger partial charge in [0.05, 0.1) is 18.1 Å². The first kappa shape index (κ1) is 26.5. The van der Waals surface area contributed by atoms with E-state index < -0.39 is 0 Å². The fraction of sp³-hybridized carbons (Fsp3) is 0.233. The molecule has 1 fully saturated rings. The second-order valence-corrected chi connectivity index (χ2v) is 10.7. The normalized spacial score (nSPS) is 15.8. The van der Waals surface area contributed by atoms with E-state index >= 15 is 0 Å². The summed E-state index contributed by atoms with van der Waals surface area (Å²) in [4.78, 5) is 40.7. The van der Waals surface area contributed by atoms with E-state index in [1.807, 2.05) is 60.8 Å². The molecule has 2 aliphatic rings. The zero-order valence-corrected chi connectivity index (χ0v) is 23.0. The monoisotopic (exact) mass is 568 g/mol. The third kappa shape index (κ3) is 6.55. The summed E-state index contributed by atoms with van der Waals surface area (Å²) in [5.41, 5.74) is 5.10. The number of aryl methyl sites for hydroxylation is 2. The van der Waals surface area contributed by atoms with Crippen molar-refractivity contribution >= 4 is 58.1 Å². The predicted molar refractivity (Wildman–Crippen MR) is 160 cm³/mol. The van der Waals surface area contributed by atoms with Gasteiger partial charge in [-0.15, -0.1) is 0 Å². The molecule has 2 aromatic carbocycles. The van der Waals surface area contributed by atoms with Crippen molar-refractivity contribution in [1.82, 2.24) is 19.9 Å². The summed E-state index contributed by atoms with van der Waals surface area (Å²) in [6, 6.07) is 17.0. The fourth-order valence-corrected chi connectivity index (χ4v) is 5.26. The summed E-state index contributed by atoms with van der Waals surface area (Å²) in [5.74, 6) is 0.897. The summed E-state index contributed by atoms with van der Waals surface area (Å²) in [7, 11) is 0. The SMILES string of the molecule is O=C(CC1CCN(C(=O)Nc2ccccc2)C1)Nc1ccc2cc1CCc1cncc(c1)Nc1ncc(Cl)c(n1)N2. The Balaban J connectivity index is 1.15. The molecule has 3 amide bonds. The molecule has 1 atom stereocenters. The molecule has 10 nitrogen and oxygen atoms in total. The Hall–Kier alpha value is -4.70. The molecule has 2 aromatic heterocycles. The number of likely N-dealkylation sites (tertiary alicyclic amines) is 1. The quantitative estimate of drug-likeness (QED) is 0.238. The lowest BCUT2D eigenvalue weighted by atomic mass is 10.0. The molecule has 0 saturated carbocycles. The number of hydrogen-bond acceptors (Lipinski definition) is 7. The first-order valence-electron chi connectivity index (χ1n) is 13.5. The molecule has 0 aliphatic carbocycles. The van der Waals surface area contributed by atoms with Crippen molar-refractivity contribution in [2.75, 3.05) is 34.4 Å². The molecule has 1 unspecified atom stereocenters. The minimum Gasteiger partial charge on any atom is -0.339 e. The van der Waals surface area contributed by atoms with Crippen molar-refractivity contribution in [2.24, 2.45) is 5.92 Å². The van der Waals surface area contributed by atoms with E-state index in [4.69, 9.17) is 11.6 Å². The molecule has 0 spiro atoms. The summed E-state index contributed by atoms with van der Waals surface area (Å²) in [6.07, 6.45) is 7.62. The second-order valence-electron chi connectivity index (χ2n) is 10.2. The molecule has 0 radical (unpaired) electrons. The standard InChI is InChI=1S/C30H29ClN8O2/c31-25-17-33-29-35-24-12-19(15-32-16-24)6-7-21-14-23(34-28(25)38-29)8-9-26(21)37-27(40)13-20-10-11-39(18-20)30(41)36-22-4-2-1-3-5-22/h1-5,8-9,12,14-17,20H,6-7,10-11,13,18H2,(H,36,41)(H,37,40)(H2,33,34,35,38). The largest absolute Gasteiger partial charge is 0.339 e. The van der Waals surface area contributed by atoms with Crippen LogP contribution in [0, 0.1) is 5.92 Å². The minimum absolute atomic E-state index is 0.0726. The number of anilines is 6. The average Bonchev–Trinajstić information content (AvgIpc) is 3.44. The number of hydrogen-bond donors (Lipinski definition) is 4. The first-order chi connectivity index (χ1) is 20.0. The number of urea groups is 1. The van der Waals surface area contributed by atoms with Crippen LogP contribution in [0.1, 0.15) is 24.0 Å². The molecular formula is C30H29ClN8O2. The average molecular weight is 569 g/mol. The smallest absolute Gasteiger partial charge is 0.321 e. The van der Waals surface area contributed by atoms with Gasteiger partial charge >= 0.3 is 6.03 Å². The maximum atomic E-state index is 13.1. The molecule has 6 rings (SSSR count). The zero-order valence-electron chi connectivity index (χ0n) is 22.2. The van der Waals surface area contributed by atoms with Gasteiger partial charge < -0.3 is 26.2 Å². The number of benzene rings is 2. The van der Waals surface area contributed by atoms with E-state index in [1.54, 1.807) is 17.3 Å². The van der Waals surface area contributed by atoms with Gasteiger partial charge in [0, 0.05) is 42.8 Å². The highest BCUT2D eigenvalue weighted by molar-refractivity contribution is 6.32. The van der Waals surface area contributed by atoms with Gasteiger partial charge in [-0.05, 0) is 72.7 Å². The molecule has 2 aliphatic heterocycles. The number of fused-ring (bicyclic) bond motifs is 6. The van der Waals surface area contributed by atoms with E-state index in [9.17, 15) is 9.59 Å². The van der Waals surface area contributed by atoms with Crippen LogP contribution in [0.5, 0.6) is 0 Å². The summed E-state index contributed by atoms with van der Waals surface area (Å²) < 4.78 is 0. The molecule has 6 bridgehead atoms. The lowest BCUT2D eigenvalue weighted by molar-refractivity contribution is -0.117. The number of pyridine rings is 1. The highest BCUT2D eigenvalue weighted by Crippen LogP contribution is 2.30. The van der Waals surface area contributed by atoms with Gasteiger partial charge in [0.25, 0.3) is 0 Å². The van der Waals surface area contributed by atoms with Crippen LogP contribution >= 0.6 is 11.6 Å². The number of carbonyl (C=O) groups is 2. The van der Waals surface area contributed by atoms with Crippen molar-refractivity contribution in [3.05, 3.63) is 89.3 Å². The molecule has 4 aromatic rings. The number of halogens is 1. The maximum absolute atomic E-state index is 13.1. The third-order valence-electron chi connectivity index (χ3n) is 7.19. The van der Waals surface area contributed by atoms with Crippen molar-refractivity contribution < 1.29 is 9.59 Å². The van der Waals surface area contributed by atoms with Gasteiger partial charge in [-0.3, -0.25) is 9.78 Å². The van der Waals surface area contributed by atoms with Crippen LogP contribution in [-0.4, -0.2) is 44.9 Å². The van der Waals surface area contributed by atoms with Crippen molar-refractivity contribution in [3.8, 4) is 0 Å². The van der Waals surface area contributed by atoms with Crippen molar-refractivity contribution in [1.29, 1.82) is 0 Å². The fourth-order valence-electron chi connectivity index (χ4n) is 5.12. The Morgan fingerprint density at radius 3 is 2.73 bits per heavy atom. The van der Waals surface area contributed by atoms with Crippen LogP contribution < -0.4 is 21.3 Å². The molecule has 1 saturated heterocycles. The first-order valence-corrected chi connectivity index (χ1v) is 13.9. The topological polar surface area (TPSA) is 124 Å². The zero-order chi connectivity index (χ0) is 28.2. The number of nitrogens with one attached hydrogen (secondary N) is 4. The van der Waals surface area contributed by atoms with Crippen LogP contribution in [0.4, 0.5) is 39.3 Å². The summed E-state index contributed by atoms with van der Waals surface area (Å²) in [6.45, 7) is 1.17. The van der Waals surface area contributed by atoms with E-state index in [1.165, 1.54) is 0 Å². The predicted octanol–water partition coefficient (Wildman–Crippen LogP) is 5.99. The highest BCUT2D eigenvalue weighted by Gasteiger charge is 2.28. The lowest BCUT2D eigenvalue weighted by Crippen LogP contribution is -2.33. The molecule has 41 heavy (non-hydrogen) atoms. The third-order valence-corrected chi connectivity index (χ3v) is 7.47. The van der Waals surface area contributed by atoms with Crippen LogP contribution in [0.25, 0.3) is 0 Å². The molecule has 4 heterocycles. The van der Waals surface area contributed by atoms with Crippen LogP contribution in [0.2, 0.25) is 5.02 Å². The summed E-state index contributed by atoms with van der Waals surface area (Å²) in [5, 5.41) is 12.9. The second kappa shape index (κ2) is 11.8. The van der Waals surface area contributed by atoms with Crippen LogP contribution in [-0.2, 0) is 17.6 Å². The number of para-hydroxylation sites is 1. The Bertz CT molecular complexity index is 1580. The van der Waals surface area contributed by atoms with Gasteiger partial charge in [-0.2, -0.15) is 4.98 Å². The van der Waals surface area contributed by atoms with Gasteiger partial charge in [0.1, 0.15) is 5.02 Å². The number of rotatable bonds is 4. The Morgan fingerprint density at radius 1 is 0.976 bits per heavy atom. The molecule has 208 valence electrons. The Morgan fingerprint density at radius 2 is 1.85 bits per heavy atom. The number of aromatic nitrogens is 3. The Labute approximate surface area is 242 Å². The van der Waals surface area contributed by atoms with Gasteiger partial charge in [0.15, 0.2) is 5.82 Å². The highest BCUT2D eigenvalue weighted by atomic mass is 35.5. The minimum atomic E-state index is -0.141. The maximum Gasteiger partial charge on any atom is 0.321 e. The summed E-state index contributed by atoms with van der Waals surface area (Å²) >= 11 is 6.37. The van der Waals surface area contributed by atoms with E-state index in [0.29, 0.717) is 42.7 Å². The van der Waals surface area contributed by atoms with Crippen LogP contribution in [0.15, 0.2) is 73.2 Å². The molecular weight excluding hydrogens is 540 g/mol. The van der Waals surface area contributed by atoms with Crippen molar-refractivity contribution in [2.45, 2.75) is 25.7 Å². The number of amides is 3. The van der Waals surface area contributed by atoms with Gasteiger partial charge in [-0.25, -0.2) is 9.78 Å². The van der Waals surface area contributed by atoms with Crippen molar-refractivity contribution in [3.63, 3.8) is 0 Å². The van der Waals surface area contributed by atoms with E-state index in [0.717, 1.165) is 46.7 Å². The van der Waals surface area contributed by atoms with Crippen LogP contribution in [0.3, 0.4) is 0 Å².